The number of nitrogens with one attached hydrogen (secondary N) is 2. The lowest BCUT2D eigenvalue weighted by Crippen LogP contribution is -2.28. The molecule has 1 aromatic heterocycles. The highest BCUT2D eigenvalue weighted by Crippen LogP contribution is 2.36. The number of halogens is 3. The molecule has 1 fully saturated rings. The summed E-state index contributed by atoms with van der Waals surface area (Å²) in [5.74, 6) is 0.251. The highest BCUT2D eigenvalue weighted by Gasteiger charge is 2.36. The van der Waals surface area contributed by atoms with Gasteiger partial charge in [-0.05, 0) is 41.7 Å². The molecule has 3 rings (SSSR count). The second-order valence-corrected chi connectivity index (χ2v) is 8.68. The minimum atomic E-state index is -4.48. The molecule has 4 N–H and O–H groups in total. The molecule has 5 nitrogen and oxygen atoms in total. The van der Waals surface area contributed by atoms with Gasteiger partial charge in [0.05, 0.1) is 5.56 Å². The molecule has 166 valence electrons. The zero-order valence-corrected chi connectivity index (χ0v) is 18.0. The van der Waals surface area contributed by atoms with Crippen LogP contribution in [0.3, 0.4) is 0 Å². The second-order valence-electron chi connectivity index (χ2n) is 8.68. The molecule has 0 unspecified atom stereocenters. The Balaban J connectivity index is 1.79. The summed E-state index contributed by atoms with van der Waals surface area (Å²) in [6, 6.07) is 10.2. The third-order valence-corrected chi connectivity index (χ3v) is 5.37. The van der Waals surface area contributed by atoms with Crippen LogP contribution in [-0.2, 0) is 11.6 Å². The fraction of sp³-hybridized carbons (Fsp3) is 0.391. The number of alkyl halides is 3. The summed E-state index contributed by atoms with van der Waals surface area (Å²) < 4.78 is 40.1. The molecule has 0 amide bonds. The Hall–Kier alpha value is -3.03. The average Bonchev–Trinajstić information content (AvgIpc) is 2.89. The van der Waals surface area contributed by atoms with Crippen LogP contribution in [-0.4, -0.2) is 23.8 Å². The number of nitrogens with two attached hydrogens (primary N) is 1. The van der Waals surface area contributed by atoms with E-state index in [0.717, 1.165) is 11.8 Å². The van der Waals surface area contributed by atoms with Gasteiger partial charge in [-0.15, -0.1) is 0 Å². The number of benzene rings is 1. The van der Waals surface area contributed by atoms with Crippen molar-refractivity contribution in [3.05, 3.63) is 65.1 Å². The summed E-state index contributed by atoms with van der Waals surface area (Å²) in [5.41, 5.74) is 8.47. The Kier molecular flexibility index (Phi) is 6.29. The summed E-state index contributed by atoms with van der Waals surface area (Å²) in [5, 5.41) is 11.5. The molecule has 2 heterocycles. The summed E-state index contributed by atoms with van der Waals surface area (Å²) in [4.78, 5) is 5.55. The van der Waals surface area contributed by atoms with E-state index < -0.39 is 11.7 Å². The molecule has 1 saturated heterocycles. The van der Waals surface area contributed by atoms with Crippen molar-refractivity contribution in [2.75, 3.05) is 23.3 Å². The van der Waals surface area contributed by atoms with Gasteiger partial charge in [0.25, 0.3) is 0 Å². The Labute approximate surface area is 180 Å². The largest absolute Gasteiger partial charge is 0.419 e. The number of hydrogen-bond donors (Lipinski definition) is 3. The minimum absolute atomic E-state index is 0.0378. The highest BCUT2D eigenvalue weighted by molar-refractivity contribution is 5.99. The lowest BCUT2D eigenvalue weighted by molar-refractivity contribution is -0.137. The van der Waals surface area contributed by atoms with Crippen LogP contribution in [0.15, 0.2) is 54.0 Å². The molecule has 0 aliphatic carbocycles. The van der Waals surface area contributed by atoms with Crippen LogP contribution in [0.4, 0.5) is 24.7 Å². The molecule has 0 radical (unpaired) electrons. The highest BCUT2D eigenvalue weighted by atomic mass is 19.4. The van der Waals surface area contributed by atoms with Crippen LogP contribution in [0.5, 0.6) is 0 Å². The van der Waals surface area contributed by atoms with E-state index in [4.69, 9.17) is 11.1 Å². The lowest BCUT2D eigenvalue weighted by Gasteiger charge is -2.24. The summed E-state index contributed by atoms with van der Waals surface area (Å²) in [6.07, 6.45) is -2.49. The van der Waals surface area contributed by atoms with Gasteiger partial charge in [-0.1, -0.05) is 32.9 Å². The van der Waals surface area contributed by atoms with Crippen molar-refractivity contribution in [2.45, 2.75) is 45.2 Å². The molecule has 0 atom stereocenters. The van der Waals surface area contributed by atoms with Crippen LogP contribution < -0.4 is 16.0 Å². The molecule has 0 bridgehead atoms. The second kappa shape index (κ2) is 8.61. The van der Waals surface area contributed by atoms with Gasteiger partial charge in [0, 0.05) is 42.7 Å². The fourth-order valence-corrected chi connectivity index (χ4v) is 3.57. The molecule has 8 heteroatoms. The van der Waals surface area contributed by atoms with Crippen LogP contribution in [0.25, 0.3) is 0 Å². The van der Waals surface area contributed by atoms with Crippen LogP contribution in [0.2, 0.25) is 0 Å². The van der Waals surface area contributed by atoms with Gasteiger partial charge in [-0.25, -0.2) is 4.98 Å². The van der Waals surface area contributed by atoms with Gasteiger partial charge in [0.2, 0.25) is 0 Å². The van der Waals surface area contributed by atoms with Crippen molar-refractivity contribution < 1.29 is 13.2 Å². The molecule has 31 heavy (non-hydrogen) atoms. The fourth-order valence-electron chi connectivity index (χ4n) is 3.57. The molecule has 2 aromatic rings. The van der Waals surface area contributed by atoms with E-state index in [0.29, 0.717) is 30.1 Å². The van der Waals surface area contributed by atoms with E-state index in [1.165, 1.54) is 17.8 Å². The first-order valence-corrected chi connectivity index (χ1v) is 10.2. The number of rotatable bonds is 3. The number of pyridine rings is 1. The number of aromatic nitrogens is 1. The maximum absolute atomic E-state index is 13.4. The molecule has 0 saturated carbocycles. The van der Waals surface area contributed by atoms with E-state index in [9.17, 15) is 13.2 Å². The van der Waals surface area contributed by atoms with Crippen LogP contribution >= 0.6 is 0 Å². The van der Waals surface area contributed by atoms with E-state index in [2.05, 4.69) is 31.1 Å². The predicted octanol–water partition coefficient (Wildman–Crippen LogP) is 5.30. The van der Waals surface area contributed by atoms with Gasteiger partial charge in [0.1, 0.15) is 11.6 Å². The third-order valence-electron chi connectivity index (χ3n) is 5.37. The number of hydrogen-bond acceptors (Lipinski definition) is 5. The molecule has 1 aromatic carbocycles. The van der Waals surface area contributed by atoms with Gasteiger partial charge in [-0.2, -0.15) is 13.2 Å². The number of nitrogens with zero attached hydrogens (tertiary/aromatic N) is 2. The molecular formula is C23H28F3N5. The maximum Gasteiger partial charge on any atom is 0.419 e. The normalized spacial score (nSPS) is 17.4. The average molecular weight is 432 g/mol. The van der Waals surface area contributed by atoms with Gasteiger partial charge in [0.15, 0.2) is 0 Å². The predicted molar refractivity (Wildman–Crippen MR) is 118 cm³/mol. The Morgan fingerprint density at radius 2 is 1.71 bits per heavy atom. The van der Waals surface area contributed by atoms with E-state index in [1.807, 2.05) is 24.3 Å². The summed E-state index contributed by atoms with van der Waals surface area (Å²) in [6.45, 7) is 6.97. The van der Waals surface area contributed by atoms with Crippen molar-refractivity contribution in [1.29, 1.82) is 5.41 Å². The lowest BCUT2D eigenvalue weighted by atomic mass is 9.87. The first-order chi connectivity index (χ1) is 14.5. The Morgan fingerprint density at radius 1 is 1.06 bits per heavy atom. The first-order valence-electron chi connectivity index (χ1n) is 10.2. The molecular weight excluding hydrogens is 403 g/mol. The number of anilines is 2. The van der Waals surface area contributed by atoms with Crippen LogP contribution in [0, 0.1) is 5.41 Å². The molecule has 1 aliphatic heterocycles. The van der Waals surface area contributed by atoms with Crippen molar-refractivity contribution in [3.8, 4) is 0 Å². The molecule has 1 aliphatic rings. The zero-order valence-electron chi connectivity index (χ0n) is 18.0. The van der Waals surface area contributed by atoms with Crippen molar-refractivity contribution in [2.24, 2.45) is 5.73 Å². The first kappa shape index (κ1) is 22.7. The standard InChI is InChI=1S/C23H28F3N5/c1-22(2,3)15-6-8-16(9-7-15)30-20(28)17-10-13-31(14-11-19(17)27)21-18(23(24,25)26)5-4-12-29-21/h4-9,12,27,30H,10-11,13-14,28H2,1-3H3/b20-17+,27-19?. The Morgan fingerprint density at radius 3 is 2.32 bits per heavy atom. The van der Waals surface area contributed by atoms with Crippen molar-refractivity contribution in [1.82, 2.24) is 4.98 Å². The Bertz CT molecular complexity index is 972. The monoisotopic (exact) mass is 431 g/mol. The SMILES string of the molecule is CC(C)(C)c1ccc(N/C(N)=C2\CCN(c3ncccc3C(F)(F)F)CCC2=N)cc1. The van der Waals surface area contributed by atoms with Crippen molar-refractivity contribution >= 4 is 17.2 Å². The van der Waals surface area contributed by atoms with Crippen molar-refractivity contribution in [3.63, 3.8) is 0 Å². The maximum atomic E-state index is 13.4. The summed E-state index contributed by atoms with van der Waals surface area (Å²) in [7, 11) is 0. The smallest absolute Gasteiger partial charge is 0.385 e. The minimum Gasteiger partial charge on any atom is -0.385 e. The third kappa shape index (κ3) is 5.37. The van der Waals surface area contributed by atoms with Crippen LogP contribution in [0.1, 0.15) is 44.7 Å². The van der Waals surface area contributed by atoms with Gasteiger partial charge >= 0.3 is 6.18 Å². The van der Waals surface area contributed by atoms with Gasteiger partial charge < -0.3 is 21.4 Å². The molecule has 0 spiro atoms. The summed E-state index contributed by atoms with van der Waals surface area (Å²) >= 11 is 0. The van der Waals surface area contributed by atoms with E-state index in [-0.39, 0.29) is 24.2 Å². The van der Waals surface area contributed by atoms with E-state index in [1.54, 1.807) is 4.90 Å². The van der Waals surface area contributed by atoms with E-state index >= 15 is 0 Å². The van der Waals surface area contributed by atoms with Gasteiger partial charge in [-0.3, -0.25) is 0 Å². The quantitative estimate of drug-likeness (QED) is 0.616. The topological polar surface area (TPSA) is 78.0 Å². The zero-order chi connectivity index (χ0) is 22.8.